The Hall–Kier alpha value is -2.26. The van der Waals surface area contributed by atoms with E-state index in [1.165, 1.54) is 35.1 Å². The smallest absolute Gasteiger partial charge is 0.0245 e. The van der Waals surface area contributed by atoms with Crippen LogP contribution < -0.4 is 0 Å². The van der Waals surface area contributed by atoms with Crippen LogP contribution in [0.3, 0.4) is 0 Å². The third-order valence-corrected chi connectivity index (χ3v) is 4.04. The van der Waals surface area contributed by atoms with Gasteiger partial charge in [-0.1, -0.05) is 68.2 Å². The summed E-state index contributed by atoms with van der Waals surface area (Å²) in [5, 5.41) is 0. The Morgan fingerprint density at radius 3 is 2.76 bits per heavy atom. The molecule has 0 saturated carbocycles. The van der Waals surface area contributed by atoms with Gasteiger partial charge in [-0.25, -0.2) is 0 Å². The van der Waals surface area contributed by atoms with Crippen molar-refractivity contribution in [2.75, 3.05) is 0 Å². The van der Waals surface area contributed by atoms with Crippen LogP contribution in [-0.4, -0.2) is 0 Å². The topological polar surface area (TPSA) is 0 Å². The Balaban J connectivity index is 1.83. The number of fused-ring (bicyclic) bond motifs is 3. The summed E-state index contributed by atoms with van der Waals surface area (Å²) in [5.41, 5.74) is 7.64. The van der Waals surface area contributed by atoms with Crippen molar-refractivity contribution in [2.45, 2.75) is 32.6 Å². The van der Waals surface area contributed by atoms with Crippen LogP contribution in [-0.2, 0) is 6.42 Å². The van der Waals surface area contributed by atoms with Crippen molar-refractivity contribution in [1.29, 1.82) is 0 Å². The van der Waals surface area contributed by atoms with Gasteiger partial charge in [0, 0.05) is 12.0 Å². The van der Waals surface area contributed by atoms with Gasteiger partial charge < -0.3 is 0 Å². The average molecular weight is 272 g/mol. The summed E-state index contributed by atoms with van der Waals surface area (Å²) in [5.74, 6) is 6.42. The highest BCUT2D eigenvalue weighted by atomic mass is 14.2. The van der Waals surface area contributed by atoms with Crippen molar-refractivity contribution in [1.82, 2.24) is 0 Å². The molecule has 0 fully saturated rings. The molecule has 1 aliphatic carbocycles. The molecular formula is C21H20. The first-order valence-electron chi connectivity index (χ1n) is 7.69. The Kier molecular flexibility index (Phi) is 3.93. The van der Waals surface area contributed by atoms with Crippen molar-refractivity contribution in [3.05, 3.63) is 65.7 Å². The number of hydrogen-bond donors (Lipinski definition) is 0. The Morgan fingerprint density at radius 1 is 1.10 bits per heavy atom. The molecule has 0 heterocycles. The standard InChI is InChI=1S/C21H20/c1-3-4-5-6-9-16(2)17-12-13-21-19(14-17)15-18-10-7-8-11-20(18)21/h7-8,10-14H,2-5,15H2,1H3. The lowest BCUT2D eigenvalue weighted by molar-refractivity contribution is 0.828. The lowest BCUT2D eigenvalue weighted by Gasteiger charge is -2.04. The molecule has 0 aromatic heterocycles. The monoisotopic (exact) mass is 272 g/mol. The Morgan fingerprint density at radius 2 is 1.90 bits per heavy atom. The van der Waals surface area contributed by atoms with Crippen LogP contribution in [0.15, 0.2) is 49.0 Å². The van der Waals surface area contributed by atoms with E-state index in [1.54, 1.807) is 0 Å². The minimum absolute atomic E-state index is 0.935. The highest BCUT2D eigenvalue weighted by Gasteiger charge is 2.17. The molecule has 0 atom stereocenters. The summed E-state index contributed by atoms with van der Waals surface area (Å²) < 4.78 is 0. The molecule has 104 valence electrons. The highest BCUT2D eigenvalue weighted by molar-refractivity contribution is 5.82. The van der Waals surface area contributed by atoms with Gasteiger partial charge in [-0.3, -0.25) is 0 Å². The molecule has 0 unspecified atom stereocenters. The molecule has 3 rings (SSSR count). The fourth-order valence-corrected chi connectivity index (χ4v) is 2.84. The number of unbranched alkanes of at least 4 members (excludes halogenated alkanes) is 2. The quantitative estimate of drug-likeness (QED) is 0.438. The van der Waals surface area contributed by atoms with Crippen molar-refractivity contribution in [2.24, 2.45) is 0 Å². The molecule has 0 radical (unpaired) electrons. The van der Waals surface area contributed by atoms with Gasteiger partial charge in [0.05, 0.1) is 0 Å². The summed E-state index contributed by atoms with van der Waals surface area (Å²) in [6.07, 6.45) is 4.35. The lowest BCUT2D eigenvalue weighted by Crippen LogP contribution is -1.85. The molecular weight excluding hydrogens is 252 g/mol. The number of rotatable bonds is 3. The molecule has 2 aromatic rings. The van der Waals surface area contributed by atoms with Gasteiger partial charge in [-0.2, -0.15) is 0 Å². The first kappa shape index (κ1) is 13.7. The molecule has 0 amide bonds. The second-order valence-corrected chi connectivity index (χ2v) is 5.59. The zero-order chi connectivity index (χ0) is 14.7. The van der Waals surface area contributed by atoms with E-state index in [4.69, 9.17) is 0 Å². The van der Waals surface area contributed by atoms with Crippen molar-refractivity contribution in [3.8, 4) is 23.0 Å². The van der Waals surface area contributed by atoms with Crippen LogP contribution in [0.4, 0.5) is 0 Å². The maximum atomic E-state index is 4.12. The molecule has 0 spiro atoms. The minimum Gasteiger partial charge on any atom is -0.0979 e. The van der Waals surface area contributed by atoms with Gasteiger partial charge in [0.1, 0.15) is 0 Å². The van der Waals surface area contributed by atoms with Gasteiger partial charge >= 0.3 is 0 Å². The largest absolute Gasteiger partial charge is 0.0979 e. The highest BCUT2D eigenvalue weighted by Crippen LogP contribution is 2.37. The first-order chi connectivity index (χ1) is 10.3. The van der Waals surface area contributed by atoms with E-state index in [-0.39, 0.29) is 0 Å². The first-order valence-corrected chi connectivity index (χ1v) is 7.69. The van der Waals surface area contributed by atoms with Gasteiger partial charge in [-0.15, -0.1) is 0 Å². The van der Waals surface area contributed by atoms with Gasteiger partial charge in [0.15, 0.2) is 0 Å². The predicted octanol–water partition coefficient (Wildman–Crippen LogP) is 5.46. The van der Waals surface area contributed by atoms with Gasteiger partial charge in [0.25, 0.3) is 0 Å². The number of allylic oxidation sites excluding steroid dienone is 1. The molecule has 0 aliphatic heterocycles. The van der Waals surface area contributed by atoms with Gasteiger partial charge in [0.2, 0.25) is 0 Å². The predicted molar refractivity (Wildman–Crippen MR) is 91.0 cm³/mol. The van der Waals surface area contributed by atoms with Crippen LogP contribution in [0, 0.1) is 11.8 Å². The van der Waals surface area contributed by atoms with E-state index in [1.807, 2.05) is 0 Å². The van der Waals surface area contributed by atoms with Crippen LogP contribution in [0.1, 0.15) is 42.9 Å². The third kappa shape index (κ3) is 2.78. The molecule has 0 nitrogen and oxygen atoms in total. The number of hydrogen-bond acceptors (Lipinski definition) is 0. The van der Waals surface area contributed by atoms with Crippen LogP contribution >= 0.6 is 0 Å². The maximum absolute atomic E-state index is 4.12. The molecule has 2 aromatic carbocycles. The molecule has 0 saturated heterocycles. The lowest BCUT2D eigenvalue weighted by atomic mass is 10.00. The summed E-state index contributed by atoms with van der Waals surface area (Å²) in [6, 6.07) is 15.3. The van der Waals surface area contributed by atoms with Crippen molar-refractivity contribution >= 4 is 5.57 Å². The Labute approximate surface area is 127 Å². The third-order valence-electron chi connectivity index (χ3n) is 4.04. The van der Waals surface area contributed by atoms with Crippen LogP contribution in [0.5, 0.6) is 0 Å². The molecule has 0 N–H and O–H groups in total. The van der Waals surface area contributed by atoms with Crippen molar-refractivity contribution < 1.29 is 0 Å². The normalized spacial score (nSPS) is 11.3. The molecule has 0 bridgehead atoms. The van der Waals surface area contributed by atoms with Gasteiger partial charge in [-0.05, 0) is 46.7 Å². The summed E-state index contributed by atoms with van der Waals surface area (Å²) in [6.45, 7) is 6.31. The fraction of sp³-hybridized carbons (Fsp3) is 0.238. The van der Waals surface area contributed by atoms with E-state index >= 15 is 0 Å². The average Bonchev–Trinajstić information content (AvgIpc) is 2.89. The van der Waals surface area contributed by atoms with Crippen molar-refractivity contribution in [3.63, 3.8) is 0 Å². The van der Waals surface area contributed by atoms with Crippen LogP contribution in [0.25, 0.3) is 16.7 Å². The molecule has 21 heavy (non-hydrogen) atoms. The SMILES string of the molecule is C=C(C#CCCCC)c1ccc2c(c1)Cc1ccccc1-2. The molecule has 1 aliphatic rings. The van der Waals surface area contributed by atoms with E-state index < -0.39 is 0 Å². The number of benzene rings is 2. The Bertz CT molecular complexity index is 738. The second-order valence-electron chi connectivity index (χ2n) is 5.59. The summed E-state index contributed by atoms with van der Waals surface area (Å²) in [7, 11) is 0. The zero-order valence-electron chi connectivity index (χ0n) is 12.6. The summed E-state index contributed by atoms with van der Waals surface area (Å²) in [4.78, 5) is 0. The summed E-state index contributed by atoms with van der Waals surface area (Å²) >= 11 is 0. The van der Waals surface area contributed by atoms with Crippen LogP contribution in [0.2, 0.25) is 0 Å². The van der Waals surface area contributed by atoms with E-state index in [0.29, 0.717) is 0 Å². The fourth-order valence-electron chi connectivity index (χ4n) is 2.84. The molecule has 0 heteroatoms. The minimum atomic E-state index is 0.935. The maximum Gasteiger partial charge on any atom is 0.0245 e. The van der Waals surface area contributed by atoms with E-state index in [2.05, 4.69) is 67.8 Å². The zero-order valence-corrected chi connectivity index (χ0v) is 12.6. The second kappa shape index (κ2) is 6.02. The van der Waals surface area contributed by atoms with E-state index in [0.717, 1.165) is 24.0 Å². The van der Waals surface area contributed by atoms with E-state index in [9.17, 15) is 0 Å².